The Morgan fingerprint density at radius 3 is 2.32 bits per heavy atom. The number of ether oxygens (including phenoxy) is 2. The minimum Gasteiger partial charge on any atom is -0.383 e. The molecule has 0 unspecified atom stereocenters. The zero-order chi connectivity index (χ0) is 14.3. The minimum atomic E-state index is -0.0635. The second-order valence-corrected chi connectivity index (χ2v) is 5.17. The number of nitrogens with zero attached hydrogens (tertiary/aromatic N) is 1. The highest BCUT2D eigenvalue weighted by Gasteiger charge is 2.16. The number of benzene rings is 1. The topological polar surface area (TPSA) is 38.8 Å². The standard InChI is InChI=1S/C13H17BrClNO3/c1-18-7-5-16(6-8-19-2)13(17)10-3-4-12(15)11(14)9-10/h3-4,9H,5-8H2,1-2H3. The van der Waals surface area contributed by atoms with Gasteiger partial charge in [-0.05, 0) is 34.1 Å². The van der Waals surface area contributed by atoms with Crippen LogP contribution in [0.2, 0.25) is 5.02 Å². The quantitative estimate of drug-likeness (QED) is 0.759. The van der Waals surface area contributed by atoms with E-state index < -0.39 is 0 Å². The molecule has 1 rings (SSSR count). The van der Waals surface area contributed by atoms with Crippen LogP contribution in [-0.4, -0.2) is 51.3 Å². The molecule has 0 N–H and O–H groups in total. The van der Waals surface area contributed by atoms with Crippen molar-refractivity contribution in [3.05, 3.63) is 33.3 Å². The lowest BCUT2D eigenvalue weighted by molar-refractivity contribution is 0.0627. The Morgan fingerprint density at radius 2 is 1.84 bits per heavy atom. The SMILES string of the molecule is COCCN(CCOC)C(=O)c1ccc(Cl)c(Br)c1. The Hall–Kier alpha value is -0.620. The van der Waals surface area contributed by atoms with Crippen LogP contribution in [0.4, 0.5) is 0 Å². The Kier molecular flexibility index (Phi) is 7.38. The molecule has 0 saturated carbocycles. The summed E-state index contributed by atoms with van der Waals surface area (Å²) in [5.74, 6) is -0.0635. The average molecular weight is 351 g/mol. The molecule has 0 aromatic heterocycles. The predicted molar refractivity (Wildman–Crippen MR) is 78.8 cm³/mol. The molecule has 6 heteroatoms. The lowest BCUT2D eigenvalue weighted by atomic mass is 10.2. The van der Waals surface area contributed by atoms with E-state index in [1.807, 2.05) is 0 Å². The lowest BCUT2D eigenvalue weighted by Gasteiger charge is -2.22. The number of carbonyl (C=O) groups is 1. The first kappa shape index (κ1) is 16.4. The largest absolute Gasteiger partial charge is 0.383 e. The van der Waals surface area contributed by atoms with E-state index in [1.54, 1.807) is 37.3 Å². The van der Waals surface area contributed by atoms with Crippen molar-refractivity contribution in [3.63, 3.8) is 0 Å². The van der Waals surface area contributed by atoms with E-state index in [1.165, 1.54) is 0 Å². The maximum absolute atomic E-state index is 12.4. The van der Waals surface area contributed by atoms with E-state index >= 15 is 0 Å². The third-order valence-electron chi connectivity index (χ3n) is 2.58. The van der Waals surface area contributed by atoms with Crippen molar-refractivity contribution in [2.24, 2.45) is 0 Å². The summed E-state index contributed by atoms with van der Waals surface area (Å²) in [6, 6.07) is 5.13. The number of halogens is 2. The van der Waals surface area contributed by atoms with Crippen LogP contribution in [0.3, 0.4) is 0 Å². The molecular weight excluding hydrogens is 334 g/mol. The van der Waals surface area contributed by atoms with Crippen LogP contribution in [-0.2, 0) is 9.47 Å². The van der Waals surface area contributed by atoms with Gasteiger partial charge < -0.3 is 14.4 Å². The average Bonchev–Trinajstić information content (AvgIpc) is 2.41. The van der Waals surface area contributed by atoms with Crippen LogP contribution in [0, 0.1) is 0 Å². The highest BCUT2D eigenvalue weighted by atomic mass is 79.9. The Balaban J connectivity index is 2.81. The zero-order valence-electron chi connectivity index (χ0n) is 11.0. The van der Waals surface area contributed by atoms with Crippen molar-refractivity contribution in [2.75, 3.05) is 40.5 Å². The van der Waals surface area contributed by atoms with E-state index in [9.17, 15) is 4.79 Å². The highest BCUT2D eigenvalue weighted by Crippen LogP contribution is 2.23. The van der Waals surface area contributed by atoms with Crippen LogP contribution < -0.4 is 0 Å². The predicted octanol–water partition coefficient (Wildman–Crippen LogP) is 2.84. The van der Waals surface area contributed by atoms with Crippen LogP contribution >= 0.6 is 27.5 Å². The number of hydrogen-bond acceptors (Lipinski definition) is 3. The van der Waals surface area contributed by atoms with Crippen LogP contribution in [0.1, 0.15) is 10.4 Å². The van der Waals surface area contributed by atoms with Gasteiger partial charge in [-0.25, -0.2) is 0 Å². The molecule has 0 atom stereocenters. The fraction of sp³-hybridized carbons (Fsp3) is 0.462. The van der Waals surface area contributed by atoms with Gasteiger partial charge in [-0.1, -0.05) is 11.6 Å². The Bertz CT molecular complexity index is 420. The monoisotopic (exact) mass is 349 g/mol. The van der Waals surface area contributed by atoms with Crippen molar-refractivity contribution in [3.8, 4) is 0 Å². The lowest BCUT2D eigenvalue weighted by Crippen LogP contribution is -2.36. The first-order chi connectivity index (χ1) is 9.10. The molecule has 0 radical (unpaired) electrons. The van der Waals surface area contributed by atoms with Gasteiger partial charge in [0, 0.05) is 37.3 Å². The molecule has 0 aliphatic heterocycles. The van der Waals surface area contributed by atoms with Gasteiger partial charge in [-0.3, -0.25) is 4.79 Å². The van der Waals surface area contributed by atoms with Crippen molar-refractivity contribution in [2.45, 2.75) is 0 Å². The summed E-state index contributed by atoms with van der Waals surface area (Å²) < 4.78 is 10.7. The summed E-state index contributed by atoms with van der Waals surface area (Å²) >= 11 is 9.24. The fourth-order valence-corrected chi connectivity index (χ4v) is 2.03. The maximum Gasteiger partial charge on any atom is 0.254 e. The molecule has 0 aliphatic carbocycles. The summed E-state index contributed by atoms with van der Waals surface area (Å²) in [6.45, 7) is 2.03. The zero-order valence-corrected chi connectivity index (χ0v) is 13.3. The van der Waals surface area contributed by atoms with Crippen molar-refractivity contribution in [1.29, 1.82) is 0 Å². The first-order valence-corrected chi connectivity index (χ1v) is 6.99. The minimum absolute atomic E-state index is 0.0635. The Labute approximate surface area is 126 Å². The molecule has 19 heavy (non-hydrogen) atoms. The third kappa shape index (κ3) is 5.10. The molecule has 4 nitrogen and oxygen atoms in total. The van der Waals surface area contributed by atoms with Gasteiger partial charge in [0.2, 0.25) is 0 Å². The van der Waals surface area contributed by atoms with Gasteiger partial charge in [0.1, 0.15) is 0 Å². The molecule has 1 aromatic rings. The molecule has 1 aromatic carbocycles. The van der Waals surface area contributed by atoms with E-state index in [-0.39, 0.29) is 5.91 Å². The van der Waals surface area contributed by atoms with Crippen LogP contribution in [0.25, 0.3) is 0 Å². The smallest absolute Gasteiger partial charge is 0.254 e. The number of methoxy groups -OCH3 is 2. The fourth-order valence-electron chi connectivity index (χ4n) is 1.53. The van der Waals surface area contributed by atoms with E-state index in [0.717, 1.165) is 0 Å². The van der Waals surface area contributed by atoms with E-state index in [0.29, 0.717) is 41.4 Å². The van der Waals surface area contributed by atoms with Crippen LogP contribution in [0.15, 0.2) is 22.7 Å². The summed E-state index contributed by atoms with van der Waals surface area (Å²) in [5, 5.41) is 0.580. The highest BCUT2D eigenvalue weighted by molar-refractivity contribution is 9.10. The summed E-state index contributed by atoms with van der Waals surface area (Å²) in [5.41, 5.74) is 0.587. The maximum atomic E-state index is 12.4. The van der Waals surface area contributed by atoms with Gasteiger partial charge in [0.05, 0.1) is 18.2 Å². The molecule has 0 saturated heterocycles. The molecule has 0 aliphatic rings. The number of amides is 1. The molecular formula is C13H17BrClNO3. The third-order valence-corrected chi connectivity index (χ3v) is 3.80. The second kappa shape index (κ2) is 8.53. The van der Waals surface area contributed by atoms with Crippen molar-refractivity contribution in [1.82, 2.24) is 4.90 Å². The van der Waals surface area contributed by atoms with Crippen molar-refractivity contribution < 1.29 is 14.3 Å². The summed E-state index contributed by atoms with van der Waals surface area (Å²) in [6.07, 6.45) is 0. The molecule has 106 valence electrons. The summed E-state index contributed by atoms with van der Waals surface area (Å²) in [7, 11) is 3.22. The number of rotatable bonds is 7. The van der Waals surface area contributed by atoms with Crippen LogP contribution in [0.5, 0.6) is 0 Å². The van der Waals surface area contributed by atoms with E-state index in [2.05, 4.69) is 15.9 Å². The molecule has 0 heterocycles. The number of carbonyl (C=O) groups excluding carboxylic acids is 1. The molecule has 0 fully saturated rings. The Morgan fingerprint density at radius 1 is 1.26 bits per heavy atom. The first-order valence-electron chi connectivity index (χ1n) is 5.82. The molecule has 0 bridgehead atoms. The second-order valence-electron chi connectivity index (χ2n) is 3.91. The van der Waals surface area contributed by atoms with Gasteiger partial charge >= 0.3 is 0 Å². The number of hydrogen-bond donors (Lipinski definition) is 0. The van der Waals surface area contributed by atoms with Gasteiger partial charge in [-0.15, -0.1) is 0 Å². The molecule has 1 amide bonds. The molecule has 0 spiro atoms. The van der Waals surface area contributed by atoms with E-state index in [4.69, 9.17) is 21.1 Å². The van der Waals surface area contributed by atoms with Gasteiger partial charge in [0.15, 0.2) is 0 Å². The summed E-state index contributed by atoms with van der Waals surface area (Å²) in [4.78, 5) is 14.1. The van der Waals surface area contributed by atoms with Crippen molar-refractivity contribution >= 4 is 33.4 Å². The van der Waals surface area contributed by atoms with Gasteiger partial charge in [0.25, 0.3) is 5.91 Å². The van der Waals surface area contributed by atoms with Gasteiger partial charge in [-0.2, -0.15) is 0 Å². The normalized spacial score (nSPS) is 10.5.